The van der Waals surface area contributed by atoms with Crippen molar-refractivity contribution in [1.29, 1.82) is 0 Å². The molecule has 0 saturated carbocycles. The van der Waals surface area contributed by atoms with Crippen LogP contribution in [-0.2, 0) is 4.74 Å². The first-order valence-electron chi connectivity index (χ1n) is 3.35. The normalized spacial score (nSPS) is 52.6. The highest BCUT2D eigenvalue weighted by molar-refractivity contribution is 4.88. The van der Waals surface area contributed by atoms with Gasteiger partial charge in [-0.05, 0) is 6.92 Å². The highest BCUT2D eigenvalue weighted by Gasteiger charge is 2.44. The minimum atomic E-state index is -1.77. The number of hydrogen-bond donors (Lipinski definition) is 4. The Morgan fingerprint density at radius 3 is 2.36 bits per heavy atom. The van der Waals surface area contributed by atoms with Crippen LogP contribution < -0.4 is 0 Å². The van der Waals surface area contributed by atoms with Gasteiger partial charge in [-0.1, -0.05) is 0 Å². The van der Waals surface area contributed by atoms with Crippen LogP contribution in [0.4, 0.5) is 0 Å². The van der Waals surface area contributed by atoms with Gasteiger partial charge in [0.05, 0.1) is 6.61 Å². The predicted molar refractivity (Wildman–Crippen MR) is 34.6 cm³/mol. The Labute approximate surface area is 63.8 Å². The molecule has 5 nitrogen and oxygen atoms in total. The fourth-order valence-electron chi connectivity index (χ4n) is 0.965. The van der Waals surface area contributed by atoms with E-state index in [2.05, 4.69) is 4.74 Å². The second-order valence-corrected chi connectivity index (χ2v) is 2.87. The van der Waals surface area contributed by atoms with E-state index in [4.69, 9.17) is 15.3 Å². The maximum absolute atomic E-state index is 9.19. The molecule has 0 aromatic carbocycles. The third-order valence-electron chi connectivity index (χ3n) is 1.81. The molecule has 1 fully saturated rings. The highest BCUT2D eigenvalue weighted by Crippen LogP contribution is 2.22. The van der Waals surface area contributed by atoms with E-state index in [-0.39, 0.29) is 6.61 Å². The van der Waals surface area contributed by atoms with Gasteiger partial charge in [0.2, 0.25) is 0 Å². The van der Waals surface area contributed by atoms with E-state index in [0.717, 1.165) is 0 Å². The lowest BCUT2D eigenvalue weighted by atomic mass is 9.98. The lowest BCUT2D eigenvalue weighted by molar-refractivity contribution is -0.312. The van der Waals surface area contributed by atoms with Crippen LogP contribution in [0.15, 0.2) is 0 Å². The summed E-state index contributed by atoms with van der Waals surface area (Å²) >= 11 is 0. The maximum Gasteiger partial charge on any atom is 0.191 e. The molecule has 5 heteroatoms. The molecule has 4 atom stereocenters. The van der Waals surface area contributed by atoms with Gasteiger partial charge in [0.15, 0.2) is 5.79 Å². The summed E-state index contributed by atoms with van der Waals surface area (Å²) < 4.78 is 4.66. The minimum absolute atomic E-state index is 0.175. The van der Waals surface area contributed by atoms with E-state index >= 15 is 0 Å². The molecule has 0 amide bonds. The molecule has 1 saturated heterocycles. The molecule has 66 valence electrons. The van der Waals surface area contributed by atoms with E-state index in [1.54, 1.807) is 0 Å². The van der Waals surface area contributed by atoms with Crippen molar-refractivity contribution < 1.29 is 25.2 Å². The largest absolute Gasteiger partial charge is 0.388 e. The molecule has 0 aromatic heterocycles. The molecular formula is C6H12O5. The van der Waals surface area contributed by atoms with Gasteiger partial charge in [-0.25, -0.2) is 0 Å². The SMILES string of the molecule is CC1(O)OC[C@@H](O)[C@H](O)[C@H]1O. The smallest absolute Gasteiger partial charge is 0.191 e. The first-order chi connectivity index (χ1) is 4.95. The zero-order valence-corrected chi connectivity index (χ0v) is 6.14. The number of rotatable bonds is 0. The van der Waals surface area contributed by atoms with Gasteiger partial charge in [0.1, 0.15) is 18.3 Å². The Hall–Kier alpha value is -0.200. The summed E-state index contributed by atoms with van der Waals surface area (Å²) in [4.78, 5) is 0. The van der Waals surface area contributed by atoms with Gasteiger partial charge in [-0.2, -0.15) is 0 Å². The van der Waals surface area contributed by atoms with Crippen LogP contribution in [0, 0.1) is 0 Å². The van der Waals surface area contributed by atoms with E-state index in [1.807, 2.05) is 0 Å². The standard InChI is InChI=1S/C6H12O5/c1-6(10)5(9)4(8)3(7)2-11-6/h3-5,7-10H,2H2,1H3/t3-,4+,5-,6?/m1/s1. The van der Waals surface area contributed by atoms with Crippen molar-refractivity contribution >= 4 is 0 Å². The van der Waals surface area contributed by atoms with Crippen LogP contribution >= 0.6 is 0 Å². The second-order valence-electron chi connectivity index (χ2n) is 2.87. The van der Waals surface area contributed by atoms with Crippen molar-refractivity contribution in [2.75, 3.05) is 6.61 Å². The Bertz CT molecular complexity index is 146. The van der Waals surface area contributed by atoms with Gasteiger partial charge in [-0.15, -0.1) is 0 Å². The Morgan fingerprint density at radius 1 is 1.36 bits per heavy atom. The molecule has 0 bridgehead atoms. The first kappa shape index (κ1) is 8.89. The number of aliphatic hydroxyl groups is 4. The Kier molecular flexibility index (Phi) is 2.17. The topological polar surface area (TPSA) is 90.2 Å². The third-order valence-corrected chi connectivity index (χ3v) is 1.81. The van der Waals surface area contributed by atoms with Crippen molar-refractivity contribution in [3.8, 4) is 0 Å². The quantitative estimate of drug-likeness (QED) is 0.326. The number of ether oxygens (including phenoxy) is 1. The summed E-state index contributed by atoms with van der Waals surface area (Å²) in [7, 11) is 0. The summed E-state index contributed by atoms with van der Waals surface area (Å²) in [6, 6.07) is 0. The monoisotopic (exact) mass is 164 g/mol. The molecule has 0 spiro atoms. The summed E-state index contributed by atoms with van der Waals surface area (Å²) in [6.45, 7) is 1.05. The molecule has 11 heavy (non-hydrogen) atoms. The molecular weight excluding hydrogens is 152 g/mol. The van der Waals surface area contributed by atoms with Crippen molar-refractivity contribution in [3.63, 3.8) is 0 Å². The minimum Gasteiger partial charge on any atom is -0.388 e. The molecule has 1 aliphatic heterocycles. The van der Waals surface area contributed by atoms with E-state index < -0.39 is 24.1 Å². The predicted octanol–water partition coefficient (Wildman–Crippen LogP) is -2.19. The summed E-state index contributed by atoms with van der Waals surface area (Å²) in [5.74, 6) is -1.77. The van der Waals surface area contributed by atoms with Crippen molar-refractivity contribution in [2.45, 2.75) is 31.0 Å². The fourth-order valence-corrected chi connectivity index (χ4v) is 0.965. The lowest BCUT2D eigenvalue weighted by Gasteiger charge is -2.39. The van der Waals surface area contributed by atoms with Gasteiger partial charge in [0, 0.05) is 0 Å². The third kappa shape index (κ3) is 1.52. The molecule has 1 heterocycles. The zero-order chi connectivity index (χ0) is 8.65. The van der Waals surface area contributed by atoms with Crippen molar-refractivity contribution in [3.05, 3.63) is 0 Å². The summed E-state index contributed by atoms with van der Waals surface area (Å²) in [5.41, 5.74) is 0. The molecule has 4 N–H and O–H groups in total. The Balaban J connectivity index is 2.67. The van der Waals surface area contributed by atoms with Gasteiger partial charge in [-0.3, -0.25) is 0 Å². The first-order valence-corrected chi connectivity index (χ1v) is 3.35. The molecule has 1 aliphatic rings. The molecule has 0 radical (unpaired) electrons. The molecule has 0 aliphatic carbocycles. The number of aliphatic hydroxyl groups excluding tert-OH is 3. The van der Waals surface area contributed by atoms with Crippen LogP contribution in [0.1, 0.15) is 6.92 Å². The number of hydrogen-bond acceptors (Lipinski definition) is 5. The maximum atomic E-state index is 9.19. The van der Waals surface area contributed by atoms with Crippen molar-refractivity contribution in [2.24, 2.45) is 0 Å². The molecule has 0 aromatic rings. The average molecular weight is 164 g/mol. The summed E-state index contributed by atoms with van der Waals surface area (Å²) in [6.07, 6.45) is -3.95. The van der Waals surface area contributed by atoms with Crippen LogP contribution in [0.5, 0.6) is 0 Å². The van der Waals surface area contributed by atoms with Gasteiger partial charge in [0.25, 0.3) is 0 Å². The second kappa shape index (κ2) is 2.69. The van der Waals surface area contributed by atoms with Crippen LogP contribution in [0.25, 0.3) is 0 Å². The van der Waals surface area contributed by atoms with E-state index in [9.17, 15) is 5.11 Å². The molecule has 1 rings (SSSR count). The average Bonchev–Trinajstić information content (AvgIpc) is 1.95. The molecule has 1 unspecified atom stereocenters. The highest BCUT2D eigenvalue weighted by atomic mass is 16.6. The van der Waals surface area contributed by atoms with Crippen LogP contribution in [-0.4, -0.2) is 51.1 Å². The lowest BCUT2D eigenvalue weighted by Crippen LogP contribution is -2.59. The van der Waals surface area contributed by atoms with Gasteiger partial charge >= 0.3 is 0 Å². The van der Waals surface area contributed by atoms with E-state index in [1.165, 1.54) is 6.92 Å². The summed E-state index contributed by atoms with van der Waals surface area (Å²) in [5, 5.41) is 36.3. The van der Waals surface area contributed by atoms with Crippen molar-refractivity contribution in [1.82, 2.24) is 0 Å². The van der Waals surface area contributed by atoms with Crippen LogP contribution in [0.2, 0.25) is 0 Å². The Morgan fingerprint density at radius 2 is 1.91 bits per heavy atom. The van der Waals surface area contributed by atoms with Gasteiger partial charge < -0.3 is 25.2 Å². The zero-order valence-electron chi connectivity index (χ0n) is 6.14. The van der Waals surface area contributed by atoms with Crippen LogP contribution in [0.3, 0.4) is 0 Å². The fraction of sp³-hybridized carbons (Fsp3) is 1.00. The van der Waals surface area contributed by atoms with E-state index in [0.29, 0.717) is 0 Å².